The van der Waals surface area contributed by atoms with E-state index in [0.29, 0.717) is 12.4 Å². The van der Waals surface area contributed by atoms with Crippen LogP contribution in [0.5, 0.6) is 5.75 Å². The summed E-state index contributed by atoms with van der Waals surface area (Å²) < 4.78 is 5.46. The molecule has 86 valence electrons. The Bertz CT molecular complexity index is 511. The highest BCUT2D eigenvalue weighted by molar-refractivity contribution is 5.90. The van der Waals surface area contributed by atoms with Crippen LogP contribution in [0.15, 0.2) is 48.8 Å². The third-order valence-corrected chi connectivity index (χ3v) is 2.25. The minimum Gasteiger partial charge on any atom is -0.488 e. The molecule has 0 aliphatic heterocycles. The normalized spacial score (nSPS) is 9.88. The predicted octanol–water partition coefficient (Wildman–Crippen LogP) is 2.36. The zero-order valence-electron chi connectivity index (χ0n) is 9.04. The van der Waals surface area contributed by atoms with E-state index in [0.717, 1.165) is 5.56 Å². The van der Waals surface area contributed by atoms with Crippen molar-refractivity contribution in [2.24, 2.45) is 0 Å². The smallest absolute Gasteiger partial charge is 0.341 e. The topological polar surface area (TPSA) is 59.4 Å². The van der Waals surface area contributed by atoms with Gasteiger partial charge in [0.25, 0.3) is 0 Å². The summed E-state index contributed by atoms with van der Waals surface area (Å²) in [6.45, 7) is 0.338. The van der Waals surface area contributed by atoms with Crippen LogP contribution < -0.4 is 4.74 Å². The Morgan fingerprint density at radius 2 is 2.00 bits per heavy atom. The van der Waals surface area contributed by atoms with Crippen molar-refractivity contribution in [3.63, 3.8) is 0 Å². The van der Waals surface area contributed by atoms with Crippen molar-refractivity contribution in [2.75, 3.05) is 0 Å². The molecule has 1 aromatic carbocycles. The van der Waals surface area contributed by atoms with E-state index in [1.54, 1.807) is 6.07 Å². The molecule has 0 atom stereocenters. The molecule has 0 aliphatic carbocycles. The third kappa shape index (κ3) is 2.81. The Hall–Kier alpha value is -2.36. The summed E-state index contributed by atoms with van der Waals surface area (Å²) in [4.78, 5) is 14.7. The second kappa shape index (κ2) is 5.12. The van der Waals surface area contributed by atoms with Crippen LogP contribution in [0.2, 0.25) is 0 Å². The molecule has 4 heteroatoms. The van der Waals surface area contributed by atoms with Gasteiger partial charge in [-0.15, -0.1) is 0 Å². The van der Waals surface area contributed by atoms with Gasteiger partial charge in [0.15, 0.2) is 0 Å². The molecule has 2 aromatic rings. The van der Waals surface area contributed by atoms with Crippen molar-refractivity contribution < 1.29 is 14.6 Å². The van der Waals surface area contributed by atoms with Crippen molar-refractivity contribution >= 4 is 5.97 Å². The maximum Gasteiger partial charge on any atom is 0.341 e. The summed E-state index contributed by atoms with van der Waals surface area (Å²) in [5, 5.41) is 8.94. The number of rotatable bonds is 4. The molecular weight excluding hydrogens is 218 g/mol. The molecule has 1 N–H and O–H groups in total. The van der Waals surface area contributed by atoms with Crippen molar-refractivity contribution in [2.45, 2.75) is 6.61 Å². The van der Waals surface area contributed by atoms with Crippen LogP contribution >= 0.6 is 0 Å². The molecule has 0 radical (unpaired) electrons. The van der Waals surface area contributed by atoms with Gasteiger partial charge >= 0.3 is 5.97 Å². The van der Waals surface area contributed by atoms with Crippen molar-refractivity contribution in [3.8, 4) is 5.75 Å². The number of ether oxygens (including phenoxy) is 1. The highest BCUT2D eigenvalue weighted by atomic mass is 16.5. The number of nitrogens with zero attached hydrogens (tertiary/aromatic N) is 1. The number of aromatic carboxylic acids is 1. The first-order valence-corrected chi connectivity index (χ1v) is 5.11. The SMILES string of the molecule is O=C(O)c1cnccc1OCc1ccccc1. The first kappa shape index (κ1) is 11.1. The maximum atomic E-state index is 10.9. The number of carboxylic acids is 1. The molecule has 2 rings (SSSR count). The van der Waals surface area contributed by atoms with E-state index >= 15 is 0 Å². The predicted molar refractivity (Wildman–Crippen MR) is 62.0 cm³/mol. The Kier molecular flexibility index (Phi) is 3.35. The summed E-state index contributed by atoms with van der Waals surface area (Å²) in [5.41, 5.74) is 1.06. The number of hydrogen-bond acceptors (Lipinski definition) is 3. The number of benzene rings is 1. The number of aromatic nitrogens is 1. The van der Waals surface area contributed by atoms with Gasteiger partial charge in [-0.25, -0.2) is 4.79 Å². The van der Waals surface area contributed by atoms with Gasteiger partial charge in [-0.3, -0.25) is 4.98 Å². The molecule has 0 bridgehead atoms. The van der Waals surface area contributed by atoms with E-state index < -0.39 is 5.97 Å². The van der Waals surface area contributed by atoms with E-state index in [9.17, 15) is 4.79 Å². The van der Waals surface area contributed by atoms with Crippen molar-refractivity contribution in [1.29, 1.82) is 0 Å². The summed E-state index contributed by atoms with van der Waals surface area (Å²) in [6, 6.07) is 11.1. The Labute approximate surface area is 98.5 Å². The molecule has 0 saturated heterocycles. The quantitative estimate of drug-likeness (QED) is 0.874. The molecular formula is C13H11NO3. The molecule has 17 heavy (non-hydrogen) atoms. The average Bonchev–Trinajstić information content (AvgIpc) is 2.38. The molecule has 0 fully saturated rings. The van der Waals surface area contributed by atoms with E-state index in [-0.39, 0.29) is 5.56 Å². The number of carboxylic acid groups (broad SMARTS) is 1. The van der Waals surface area contributed by atoms with Gasteiger partial charge in [-0.2, -0.15) is 0 Å². The summed E-state index contributed by atoms with van der Waals surface area (Å²) in [5.74, 6) is -0.711. The third-order valence-electron chi connectivity index (χ3n) is 2.25. The standard InChI is InChI=1S/C13H11NO3/c15-13(16)11-8-14-7-6-12(11)17-9-10-4-2-1-3-5-10/h1-8H,9H2,(H,15,16). The molecule has 1 aromatic heterocycles. The lowest BCUT2D eigenvalue weighted by Gasteiger charge is -2.08. The summed E-state index contributed by atoms with van der Waals surface area (Å²) >= 11 is 0. The van der Waals surface area contributed by atoms with Gasteiger partial charge in [0.05, 0.1) is 0 Å². The number of hydrogen-bond donors (Lipinski definition) is 1. The summed E-state index contributed by atoms with van der Waals surface area (Å²) in [6.07, 6.45) is 2.79. The Morgan fingerprint density at radius 3 is 2.71 bits per heavy atom. The Morgan fingerprint density at radius 1 is 1.24 bits per heavy atom. The Balaban J connectivity index is 2.12. The van der Waals surface area contributed by atoms with E-state index in [2.05, 4.69) is 4.98 Å². The van der Waals surface area contributed by atoms with Crippen LogP contribution in [0.25, 0.3) is 0 Å². The molecule has 1 heterocycles. The van der Waals surface area contributed by atoms with Gasteiger partial charge in [-0.1, -0.05) is 30.3 Å². The van der Waals surface area contributed by atoms with Crippen LogP contribution in [-0.2, 0) is 6.61 Å². The lowest BCUT2D eigenvalue weighted by Crippen LogP contribution is -2.03. The van der Waals surface area contributed by atoms with Crippen molar-refractivity contribution in [3.05, 3.63) is 59.9 Å². The minimum absolute atomic E-state index is 0.0726. The first-order valence-electron chi connectivity index (χ1n) is 5.11. The molecule has 0 amide bonds. The van der Waals surface area contributed by atoms with Gasteiger partial charge < -0.3 is 9.84 Å². The molecule has 4 nitrogen and oxygen atoms in total. The highest BCUT2D eigenvalue weighted by Crippen LogP contribution is 2.17. The monoisotopic (exact) mass is 229 g/mol. The average molecular weight is 229 g/mol. The van der Waals surface area contributed by atoms with Crippen LogP contribution in [0.3, 0.4) is 0 Å². The first-order chi connectivity index (χ1) is 8.27. The van der Waals surface area contributed by atoms with Gasteiger partial charge in [0.2, 0.25) is 0 Å². The van der Waals surface area contributed by atoms with E-state index in [4.69, 9.17) is 9.84 Å². The number of pyridine rings is 1. The second-order valence-electron chi connectivity index (χ2n) is 3.45. The lowest BCUT2D eigenvalue weighted by atomic mass is 10.2. The van der Waals surface area contributed by atoms with Crippen LogP contribution in [0.4, 0.5) is 0 Å². The minimum atomic E-state index is -1.04. The van der Waals surface area contributed by atoms with Crippen LogP contribution in [-0.4, -0.2) is 16.1 Å². The molecule has 0 spiro atoms. The van der Waals surface area contributed by atoms with Gasteiger partial charge in [0.1, 0.15) is 17.9 Å². The number of carbonyl (C=O) groups is 1. The summed E-state index contributed by atoms with van der Waals surface area (Å²) in [7, 11) is 0. The molecule has 0 aliphatic rings. The van der Waals surface area contributed by atoms with E-state index in [1.165, 1.54) is 12.4 Å². The van der Waals surface area contributed by atoms with Gasteiger partial charge in [0, 0.05) is 12.4 Å². The van der Waals surface area contributed by atoms with E-state index in [1.807, 2.05) is 30.3 Å². The zero-order chi connectivity index (χ0) is 12.1. The fourth-order valence-electron chi connectivity index (χ4n) is 1.40. The zero-order valence-corrected chi connectivity index (χ0v) is 9.04. The fourth-order valence-corrected chi connectivity index (χ4v) is 1.40. The lowest BCUT2D eigenvalue weighted by molar-refractivity contribution is 0.0691. The van der Waals surface area contributed by atoms with Crippen LogP contribution in [0.1, 0.15) is 15.9 Å². The largest absolute Gasteiger partial charge is 0.488 e. The highest BCUT2D eigenvalue weighted by Gasteiger charge is 2.10. The van der Waals surface area contributed by atoms with Crippen LogP contribution in [0, 0.1) is 0 Å². The molecule has 0 unspecified atom stereocenters. The second-order valence-corrected chi connectivity index (χ2v) is 3.45. The fraction of sp³-hybridized carbons (Fsp3) is 0.0769. The van der Waals surface area contributed by atoms with Gasteiger partial charge in [-0.05, 0) is 11.6 Å². The maximum absolute atomic E-state index is 10.9. The molecule has 0 saturated carbocycles. The van der Waals surface area contributed by atoms with Crippen molar-refractivity contribution in [1.82, 2.24) is 4.98 Å².